The fraction of sp³-hybridized carbons (Fsp3) is 0.520. The molecular weight excluding hydrogens is 376 g/mol. The lowest BCUT2D eigenvalue weighted by Crippen LogP contribution is -2.45. The summed E-state index contributed by atoms with van der Waals surface area (Å²) in [6.07, 6.45) is 6.65. The number of fused-ring (bicyclic) bond motifs is 1. The van der Waals surface area contributed by atoms with Crippen molar-refractivity contribution in [3.63, 3.8) is 0 Å². The van der Waals surface area contributed by atoms with Crippen LogP contribution < -0.4 is 5.32 Å². The van der Waals surface area contributed by atoms with Gasteiger partial charge >= 0.3 is 0 Å². The van der Waals surface area contributed by atoms with E-state index in [1.807, 2.05) is 19.2 Å². The van der Waals surface area contributed by atoms with Crippen molar-refractivity contribution in [1.82, 2.24) is 10.2 Å². The minimum atomic E-state index is -0.336. The zero-order valence-corrected chi connectivity index (χ0v) is 17.9. The van der Waals surface area contributed by atoms with E-state index >= 15 is 0 Å². The molecule has 5 nitrogen and oxygen atoms in total. The molecule has 2 fully saturated rings. The van der Waals surface area contributed by atoms with E-state index in [4.69, 9.17) is 4.74 Å². The number of amides is 2. The van der Waals surface area contributed by atoms with E-state index in [1.54, 1.807) is 4.90 Å². The fourth-order valence-corrected chi connectivity index (χ4v) is 4.82. The molecule has 2 aromatic rings. The van der Waals surface area contributed by atoms with Crippen molar-refractivity contribution in [2.75, 3.05) is 20.2 Å². The standard InChI is InChI=1S/C25H32N2O3/c1-27(18-22-8-4-5-15-30-22)24(29)12-14-25(13-11-23(28)26-25)17-19-9-10-20-6-2-3-7-21(20)16-19/h2-3,6-7,9-10,16,22H,4-5,8,11-15,17-18H2,1H3,(H,26,28)/t22-,25+/m1/s1. The van der Waals surface area contributed by atoms with Gasteiger partial charge in [-0.3, -0.25) is 9.59 Å². The highest BCUT2D eigenvalue weighted by Gasteiger charge is 2.38. The summed E-state index contributed by atoms with van der Waals surface area (Å²) < 4.78 is 5.77. The van der Waals surface area contributed by atoms with Crippen LogP contribution in [0.1, 0.15) is 50.5 Å². The molecule has 2 amide bonds. The normalized spacial score (nSPS) is 24.0. The molecule has 0 saturated carbocycles. The summed E-state index contributed by atoms with van der Waals surface area (Å²) in [6.45, 7) is 1.45. The fourth-order valence-electron chi connectivity index (χ4n) is 4.82. The first-order chi connectivity index (χ1) is 14.5. The number of benzene rings is 2. The molecule has 0 aromatic heterocycles. The third kappa shape index (κ3) is 5.01. The molecule has 2 aromatic carbocycles. The van der Waals surface area contributed by atoms with Crippen LogP contribution in [0.5, 0.6) is 0 Å². The highest BCUT2D eigenvalue weighted by atomic mass is 16.5. The molecule has 2 aliphatic rings. The molecule has 0 radical (unpaired) electrons. The van der Waals surface area contributed by atoms with Crippen LogP contribution in [0.25, 0.3) is 10.8 Å². The Morgan fingerprint density at radius 2 is 2.03 bits per heavy atom. The molecule has 0 spiro atoms. The van der Waals surface area contributed by atoms with Gasteiger partial charge < -0.3 is 15.0 Å². The Labute approximate surface area is 178 Å². The Kier molecular flexibility index (Phi) is 6.38. The van der Waals surface area contributed by atoms with Crippen molar-refractivity contribution in [3.05, 3.63) is 48.0 Å². The number of carbonyl (C=O) groups excluding carboxylic acids is 2. The lowest BCUT2D eigenvalue weighted by atomic mass is 9.84. The van der Waals surface area contributed by atoms with Crippen molar-refractivity contribution in [2.45, 2.75) is 63.0 Å². The van der Waals surface area contributed by atoms with Crippen LogP contribution in [0.2, 0.25) is 0 Å². The maximum atomic E-state index is 12.8. The van der Waals surface area contributed by atoms with Gasteiger partial charge in [-0.15, -0.1) is 0 Å². The zero-order chi connectivity index (χ0) is 21.0. The third-order valence-corrected chi connectivity index (χ3v) is 6.59. The van der Waals surface area contributed by atoms with Crippen molar-refractivity contribution in [2.24, 2.45) is 0 Å². The number of nitrogens with one attached hydrogen (secondary N) is 1. The SMILES string of the molecule is CN(C[C@H]1CCCCO1)C(=O)CC[C@]1(Cc2ccc3ccccc3c2)CCC(=O)N1. The highest BCUT2D eigenvalue weighted by Crippen LogP contribution is 2.31. The van der Waals surface area contributed by atoms with E-state index < -0.39 is 0 Å². The third-order valence-electron chi connectivity index (χ3n) is 6.59. The van der Waals surface area contributed by atoms with Crippen LogP contribution >= 0.6 is 0 Å². The maximum Gasteiger partial charge on any atom is 0.222 e. The number of hydrogen-bond donors (Lipinski definition) is 1. The molecule has 0 aliphatic carbocycles. The van der Waals surface area contributed by atoms with E-state index in [2.05, 4.69) is 35.6 Å². The van der Waals surface area contributed by atoms with Crippen molar-refractivity contribution < 1.29 is 14.3 Å². The summed E-state index contributed by atoms with van der Waals surface area (Å²) in [4.78, 5) is 26.7. The molecule has 2 atom stereocenters. The molecule has 2 aliphatic heterocycles. The topological polar surface area (TPSA) is 58.6 Å². The second-order valence-electron chi connectivity index (χ2n) is 8.95. The Balaban J connectivity index is 1.40. The van der Waals surface area contributed by atoms with Crippen LogP contribution in [0.4, 0.5) is 0 Å². The Morgan fingerprint density at radius 3 is 2.77 bits per heavy atom. The van der Waals surface area contributed by atoms with Gasteiger partial charge in [0.15, 0.2) is 0 Å². The monoisotopic (exact) mass is 408 g/mol. The summed E-state index contributed by atoms with van der Waals surface area (Å²) in [5, 5.41) is 5.63. The molecule has 1 N–H and O–H groups in total. The van der Waals surface area contributed by atoms with Gasteiger partial charge in [-0.1, -0.05) is 42.5 Å². The average molecular weight is 409 g/mol. The Morgan fingerprint density at radius 1 is 1.20 bits per heavy atom. The van der Waals surface area contributed by atoms with E-state index in [0.29, 0.717) is 25.8 Å². The van der Waals surface area contributed by atoms with Crippen molar-refractivity contribution in [1.29, 1.82) is 0 Å². The lowest BCUT2D eigenvalue weighted by Gasteiger charge is -2.31. The second-order valence-corrected chi connectivity index (χ2v) is 8.95. The molecule has 0 unspecified atom stereocenters. The van der Waals surface area contributed by atoms with Gasteiger partial charge in [-0.05, 0) is 54.9 Å². The summed E-state index contributed by atoms with van der Waals surface area (Å²) in [5.74, 6) is 0.218. The van der Waals surface area contributed by atoms with Crippen LogP contribution in [-0.4, -0.2) is 48.6 Å². The van der Waals surface area contributed by atoms with Crippen LogP contribution in [0.15, 0.2) is 42.5 Å². The Bertz CT molecular complexity index is 906. The predicted molar refractivity (Wildman–Crippen MR) is 118 cm³/mol. The van der Waals surface area contributed by atoms with Gasteiger partial charge in [0, 0.05) is 38.6 Å². The van der Waals surface area contributed by atoms with Crippen LogP contribution in [0.3, 0.4) is 0 Å². The van der Waals surface area contributed by atoms with Gasteiger partial charge in [0.05, 0.1) is 6.10 Å². The minimum Gasteiger partial charge on any atom is -0.376 e. The molecule has 0 bridgehead atoms. The molecule has 30 heavy (non-hydrogen) atoms. The number of nitrogens with zero attached hydrogens (tertiary/aromatic N) is 1. The van der Waals surface area contributed by atoms with Crippen molar-refractivity contribution >= 4 is 22.6 Å². The average Bonchev–Trinajstić information content (AvgIpc) is 3.13. The quantitative estimate of drug-likeness (QED) is 0.757. The number of rotatable bonds is 7. The molecule has 160 valence electrons. The smallest absolute Gasteiger partial charge is 0.222 e. The first-order valence-electron chi connectivity index (χ1n) is 11.2. The summed E-state index contributed by atoms with van der Waals surface area (Å²) in [7, 11) is 1.86. The van der Waals surface area contributed by atoms with E-state index in [9.17, 15) is 9.59 Å². The van der Waals surface area contributed by atoms with Gasteiger partial charge in [-0.25, -0.2) is 0 Å². The number of likely N-dealkylation sites (N-methyl/N-ethyl adjacent to an activating group) is 1. The maximum absolute atomic E-state index is 12.8. The minimum absolute atomic E-state index is 0.0900. The largest absolute Gasteiger partial charge is 0.376 e. The van der Waals surface area contributed by atoms with Gasteiger partial charge in [-0.2, -0.15) is 0 Å². The van der Waals surface area contributed by atoms with Crippen LogP contribution in [0, 0.1) is 0 Å². The van der Waals surface area contributed by atoms with Gasteiger partial charge in [0.25, 0.3) is 0 Å². The molecule has 5 heteroatoms. The van der Waals surface area contributed by atoms with Gasteiger partial charge in [0.2, 0.25) is 11.8 Å². The second kappa shape index (κ2) is 9.17. The molecular formula is C25H32N2O3. The summed E-state index contributed by atoms with van der Waals surface area (Å²) in [5.41, 5.74) is 0.865. The predicted octanol–water partition coefficient (Wildman–Crippen LogP) is 3.84. The summed E-state index contributed by atoms with van der Waals surface area (Å²) >= 11 is 0. The molecule has 4 rings (SSSR count). The number of carbonyl (C=O) groups is 2. The van der Waals surface area contributed by atoms with E-state index in [-0.39, 0.29) is 23.5 Å². The van der Waals surface area contributed by atoms with E-state index in [1.165, 1.54) is 22.8 Å². The first-order valence-corrected chi connectivity index (χ1v) is 11.2. The Hall–Kier alpha value is -2.40. The van der Waals surface area contributed by atoms with Crippen LogP contribution in [-0.2, 0) is 20.7 Å². The highest BCUT2D eigenvalue weighted by molar-refractivity contribution is 5.83. The summed E-state index contributed by atoms with van der Waals surface area (Å²) in [6, 6.07) is 14.8. The van der Waals surface area contributed by atoms with E-state index in [0.717, 1.165) is 32.3 Å². The number of hydrogen-bond acceptors (Lipinski definition) is 3. The number of ether oxygens (including phenoxy) is 1. The zero-order valence-electron chi connectivity index (χ0n) is 17.9. The van der Waals surface area contributed by atoms with Crippen molar-refractivity contribution in [3.8, 4) is 0 Å². The molecule has 2 heterocycles. The molecule has 2 saturated heterocycles. The van der Waals surface area contributed by atoms with Gasteiger partial charge in [0.1, 0.15) is 0 Å². The first kappa shape index (κ1) is 20.9. The lowest BCUT2D eigenvalue weighted by molar-refractivity contribution is -0.133.